The second-order valence-electron chi connectivity index (χ2n) is 10.4. The summed E-state index contributed by atoms with van der Waals surface area (Å²) in [5, 5.41) is 9.99. The maximum atomic E-state index is 13.5. The van der Waals surface area contributed by atoms with Crippen LogP contribution in [0.2, 0.25) is 0 Å². The molecule has 13 nitrogen and oxygen atoms in total. The number of carboxylic acid groups (broad SMARTS) is 1. The van der Waals surface area contributed by atoms with Crippen molar-refractivity contribution < 1.29 is 52.8 Å². The standard InChI is InChI=1S/C35H30N2O11/c1-3-44-35(43)25-26(36-20(2)37-27(25)31(38)39)29-30(48-34(42)23-17-11-6-12-18-23)28(47-33(41)22-15-9-5-10-16-22)24(46-29)19-45-32(40)21-13-7-4-8-14-21/h4-18,24,28-30H,3,19H2,1-2H3,(H,38,39)/t24-,28-,29+,30-/m1/s1. The Morgan fingerprint density at radius 2 is 1.19 bits per heavy atom. The summed E-state index contributed by atoms with van der Waals surface area (Å²) < 4.78 is 28.8. The minimum atomic E-state index is -1.55. The molecule has 1 N–H and O–H groups in total. The third-order valence-corrected chi connectivity index (χ3v) is 7.20. The average molecular weight is 655 g/mol. The van der Waals surface area contributed by atoms with Gasteiger partial charge in [0.2, 0.25) is 0 Å². The van der Waals surface area contributed by atoms with Crippen molar-refractivity contribution in [3.63, 3.8) is 0 Å². The van der Waals surface area contributed by atoms with Crippen molar-refractivity contribution in [1.29, 1.82) is 0 Å². The lowest BCUT2D eigenvalue weighted by Gasteiger charge is -2.25. The number of aryl methyl sites for hydroxylation is 1. The lowest BCUT2D eigenvalue weighted by molar-refractivity contribution is -0.0452. The van der Waals surface area contributed by atoms with E-state index >= 15 is 0 Å². The van der Waals surface area contributed by atoms with Crippen molar-refractivity contribution in [1.82, 2.24) is 9.97 Å². The molecule has 2 heterocycles. The highest BCUT2D eigenvalue weighted by atomic mass is 16.7. The van der Waals surface area contributed by atoms with Gasteiger partial charge in [0.15, 0.2) is 17.9 Å². The average Bonchev–Trinajstić information content (AvgIpc) is 3.43. The van der Waals surface area contributed by atoms with Gasteiger partial charge in [-0.05, 0) is 50.2 Å². The normalized spacial score (nSPS) is 18.4. The molecular weight excluding hydrogens is 624 g/mol. The van der Waals surface area contributed by atoms with E-state index in [0.717, 1.165) is 0 Å². The van der Waals surface area contributed by atoms with E-state index in [1.165, 1.54) is 38.1 Å². The van der Waals surface area contributed by atoms with E-state index in [0.29, 0.717) is 0 Å². The first-order valence-electron chi connectivity index (χ1n) is 14.9. The third-order valence-electron chi connectivity index (χ3n) is 7.20. The molecule has 0 saturated carbocycles. The number of carbonyl (C=O) groups is 5. The van der Waals surface area contributed by atoms with Crippen LogP contribution in [0.1, 0.15) is 76.5 Å². The van der Waals surface area contributed by atoms with Gasteiger partial charge in [-0.1, -0.05) is 54.6 Å². The molecule has 1 aromatic heterocycles. The molecule has 1 fully saturated rings. The quantitative estimate of drug-likeness (QED) is 0.178. The van der Waals surface area contributed by atoms with Crippen LogP contribution in [0.5, 0.6) is 0 Å². The van der Waals surface area contributed by atoms with Crippen LogP contribution in [0, 0.1) is 6.92 Å². The number of aromatic nitrogens is 2. The van der Waals surface area contributed by atoms with Crippen LogP contribution in [0.3, 0.4) is 0 Å². The molecule has 1 aliphatic heterocycles. The zero-order valence-electron chi connectivity index (χ0n) is 25.8. The first-order chi connectivity index (χ1) is 23.2. The van der Waals surface area contributed by atoms with Gasteiger partial charge in [-0.2, -0.15) is 0 Å². The third kappa shape index (κ3) is 7.53. The van der Waals surface area contributed by atoms with Crippen LogP contribution in [0.25, 0.3) is 0 Å². The van der Waals surface area contributed by atoms with Gasteiger partial charge in [0, 0.05) is 0 Å². The zero-order chi connectivity index (χ0) is 34.2. The van der Waals surface area contributed by atoms with Crippen molar-refractivity contribution in [3.05, 3.63) is 130 Å². The number of rotatable bonds is 11. The van der Waals surface area contributed by atoms with Crippen molar-refractivity contribution in [2.45, 2.75) is 38.3 Å². The van der Waals surface area contributed by atoms with Crippen molar-refractivity contribution in [3.8, 4) is 0 Å². The van der Waals surface area contributed by atoms with Crippen LogP contribution >= 0.6 is 0 Å². The highest BCUT2D eigenvalue weighted by Crippen LogP contribution is 2.40. The van der Waals surface area contributed by atoms with Gasteiger partial charge >= 0.3 is 29.8 Å². The molecule has 0 bridgehead atoms. The lowest BCUT2D eigenvalue weighted by atomic mass is 9.99. The van der Waals surface area contributed by atoms with Crippen LogP contribution in [-0.4, -0.2) is 76.4 Å². The second-order valence-corrected chi connectivity index (χ2v) is 10.4. The first-order valence-corrected chi connectivity index (χ1v) is 14.9. The summed E-state index contributed by atoms with van der Waals surface area (Å²) in [5.41, 5.74) is -0.979. The lowest BCUT2D eigenvalue weighted by Crippen LogP contribution is -2.41. The molecule has 48 heavy (non-hydrogen) atoms. The Hall–Kier alpha value is -5.95. The molecule has 13 heteroatoms. The second kappa shape index (κ2) is 15.1. The minimum Gasteiger partial charge on any atom is -0.476 e. The Bertz CT molecular complexity index is 1800. The maximum Gasteiger partial charge on any atom is 0.355 e. The molecule has 0 radical (unpaired) electrons. The number of hydrogen-bond donors (Lipinski definition) is 1. The minimum absolute atomic E-state index is 0.0519. The van der Waals surface area contributed by atoms with Crippen molar-refractivity contribution in [2.24, 2.45) is 0 Å². The maximum absolute atomic E-state index is 13.5. The molecule has 0 aliphatic carbocycles. The molecule has 1 aliphatic rings. The predicted octanol–water partition coefficient (Wildman–Crippen LogP) is 4.41. The molecule has 246 valence electrons. The fraction of sp³-hybridized carbons (Fsp3) is 0.229. The number of aromatic carboxylic acids is 1. The molecule has 5 rings (SSSR count). The SMILES string of the molecule is CCOC(=O)c1c(C(=O)O)nc(C)nc1[C@@H]1O[C@H](COC(=O)c2ccccc2)[C@@H](OC(=O)c2ccccc2)[C@H]1OC(=O)c1ccccc1. The van der Waals surface area contributed by atoms with Crippen LogP contribution in [-0.2, 0) is 23.7 Å². The topological polar surface area (TPSA) is 178 Å². The van der Waals surface area contributed by atoms with Gasteiger partial charge in [-0.25, -0.2) is 33.9 Å². The molecule has 0 unspecified atom stereocenters. The summed E-state index contributed by atoms with van der Waals surface area (Å²) in [6.07, 6.45) is -5.79. The van der Waals surface area contributed by atoms with Gasteiger partial charge in [0.05, 0.1) is 29.0 Å². The van der Waals surface area contributed by atoms with E-state index in [2.05, 4.69) is 9.97 Å². The van der Waals surface area contributed by atoms with Gasteiger partial charge in [0.25, 0.3) is 0 Å². The van der Waals surface area contributed by atoms with Crippen LogP contribution < -0.4 is 0 Å². The largest absolute Gasteiger partial charge is 0.476 e. The number of nitrogens with zero attached hydrogens (tertiary/aromatic N) is 2. The van der Waals surface area contributed by atoms with Crippen LogP contribution in [0.4, 0.5) is 0 Å². The van der Waals surface area contributed by atoms with E-state index in [1.54, 1.807) is 66.7 Å². The molecule has 4 atom stereocenters. The van der Waals surface area contributed by atoms with Gasteiger partial charge in [-0.3, -0.25) is 0 Å². The number of carbonyl (C=O) groups excluding carboxylic acids is 4. The molecule has 4 aromatic rings. The summed E-state index contributed by atoms with van der Waals surface area (Å²) in [7, 11) is 0. The fourth-order valence-corrected chi connectivity index (χ4v) is 5.06. The Labute approximate surface area is 274 Å². The Kier molecular flexibility index (Phi) is 10.5. The highest BCUT2D eigenvalue weighted by Gasteiger charge is 2.53. The van der Waals surface area contributed by atoms with E-state index < -0.39 is 72.1 Å². The molecule has 0 spiro atoms. The Morgan fingerprint density at radius 1 is 0.688 bits per heavy atom. The summed E-state index contributed by atoms with van der Waals surface area (Å²) >= 11 is 0. The number of ether oxygens (including phenoxy) is 5. The number of benzene rings is 3. The van der Waals surface area contributed by atoms with E-state index in [9.17, 15) is 29.1 Å². The van der Waals surface area contributed by atoms with E-state index in [4.69, 9.17) is 23.7 Å². The first kappa shape index (κ1) is 33.4. The highest BCUT2D eigenvalue weighted by molar-refractivity contribution is 6.02. The van der Waals surface area contributed by atoms with Gasteiger partial charge in [0.1, 0.15) is 30.2 Å². The number of esters is 4. The summed E-state index contributed by atoms with van der Waals surface area (Å²) in [6, 6.07) is 24.0. The monoisotopic (exact) mass is 654 g/mol. The molecular formula is C35H30N2O11. The van der Waals surface area contributed by atoms with E-state index in [-0.39, 0.29) is 34.8 Å². The van der Waals surface area contributed by atoms with Crippen LogP contribution in [0.15, 0.2) is 91.0 Å². The summed E-state index contributed by atoms with van der Waals surface area (Å²) in [5.74, 6) is -5.06. The molecule has 0 amide bonds. The fourth-order valence-electron chi connectivity index (χ4n) is 5.06. The zero-order valence-corrected chi connectivity index (χ0v) is 25.8. The summed E-state index contributed by atoms with van der Waals surface area (Å²) in [6.45, 7) is 2.32. The smallest absolute Gasteiger partial charge is 0.355 e. The van der Waals surface area contributed by atoms with E-state index in [1.807, 2.05) is 0 Å². The number of carboxylic acids is 1. The van der Waals surface area contributed by atoms with Gasteiger partial charge < -0.3 is 28.8 Å². The molecule has 1 saturated heterocycles. The van der Waals surface area contributed by atoms with Gasteiger partial charge in [-0.15, -0.1) is 0 Å². The summed E-state index contributed by atoms with van der Waals surface area (Å²) in [4.78, 5) is 73.6. The number of hydrogen-bond acceptors (Lipinski definition) is 12. The van der Waals surface area contributed by atoms with Crippen molar-refractivity contribution in [2.75, 3.05) is 13.2 Å². The molecule has 3 aromatic carbocycles. The Morgan fingerprint density at radius 3 is 1.69 bits per heavy atom. The van der Waals surface area contributed by atoms with Crippen molar-refractivity contribution >= 4 is 29.8 Å². The Balaban J connectivity index is 1.61. The predicted molar refractivity (Wildman–Crippen MR) is 165 cm³/mol.